The molecule has 2 fully saturated rings. The van der Waals surface area contributed by atoms with Crippen LogP contribution in [-0.4, -0.2) is 48.1 Å². The Bertz CT molecular complexity index is 407. The maximum Gasteiger partial charge on any atom is 0.252 e. The van der Waals surface area contributed by atoms with Crippen LogP contribution in [0.5, 0.6) is 0 Å². The van der Waals surface area contributed by atoms with Crippen LogP contribution in [0.15, 0.2) is 12.7 Å². The van der Waals surface area contributed by atoms with E-state index >= 15 is 0 Å². The predicted octanol–water partition coefficient (Wildman–Crippen LogP) is 2.02. The Kier molecular flexibility index (Phi) is 6.43. The summed E-state index contributed by atoms with van der Waals surface area (Å²) in [6.07, 6.45) is 8.13. The van der Waals surface area contributed by atoms with Gasteiger partial charge < -0.3 is 15.0 Å². The standard InChI is InChI=1S/C17H28N2O3/c1-3-4-5-6-12-22-13(2)17(21)19-11-7-8-15(19)16(20)18-14-9-10-14/h3,13-15H,1,4-12H2,2H3,(H,18,20)/t13-,15?/m1/s1. The Morgan fingerprint density at radius 1 is 1.36 bits per heavy atom. The fraction of sp³-hybridized carbons (Fsp3) is 0.765. The van der Waals surface area contributed by atoms with Gasteiger partial charge in [0, 0.05) is 19.2 Å². The number of ether oxygens (including phenoxy) is 1. The summed E-state index contributed by atoms with van der Waals surface area (Å²) < 4.78 is 5.63. The third-order valence-corrected chi connectivity index (χ3v) is 4.28. The highest BCUT2D eigenvalue weighted by Gasteiger charge is 2.37. The molecule has 2 atom stereocenters. The third kappa shape index (κ3) is 4.83. The summed E-state index contributed by atoms with van der Waals surface area (Å²) in [6.45, 7) is 6.70. The number of carbonyl (C=O) groups is 2. The molecule has 1 saturated heterocycles. The van der Waals surface area contributed by atoms with Crippen LogP contribution in [0.4, 0.5) is 0 Å². The molecular weight excluding hydrogens is 280 g/mol. The second kappa shape index (κ2) is 8.32. The molecule has 1 unspecified atom stereocenters. The fourth-order valence-electron chi connectivity index (χ4n) is 2.78. The number of carbonyl (C=O) groups excluding carboxylic acids is 2. The summed E-state index contributed by atoms with van der Waals surface area (Å²) in [5, 5.41) is 3.00. The Balaban J connectivity index is 1.76. The zero-order valence-electron chi connectivity index (χ0n) is 13.6. The average molecular weight is 308 g/mol. The van der Waals surface area contributed by atoms with Gasteiger partial charge in [0.25, 0.3) is 5.91 Å². The van der Waals surface area contributed by atoms with Crippen molar-refractivity contribution in [2.24, 2.45) is 0 Å². The predicted molar refractivity (Wildman–Crippen MR) is 85.4 cm³/mol. The highest BCUT2D eigenvalue weighted by molar-refractivity contribution is 5.90. The SMILES string of the molecule is C=CCCCCO[C@H](C)C(=O)N1CCCC1C(=O)NC1CC1. The molecule has 1 aliphatic carbocycles. The van der Waals surface area contributed by atoms with E-state index in [2.05, 4.69) is 11.9 Å². The lowest BCUT2D eigenvalue weighted by Crippen LogP contribution is -2.49. The summed E-state index contributed by atoms with van der Waals surface area (Å²) in [6, 6.07) is 0.0310. The summed E-state index contributed by atoms with van der Waals surface area (Å²) in [5.41, 5.74) is 0. The topological polar surface area (TPSA) is 58.6 Å². The van der Waals surface area contributed by atoms with Crippen molar-refractivity contribution in [3.63, 3.8) is 0 Å². The Labute approximate surface area is 133 Å². The molecule has 1 N–H and O–H groups in total. The van der Waals surface area contributed by atoms with Crippen molar-refractivity contribution in [3.8, 4) is 0 Å². The largest absolute Gasteiger partial charge is 0.369 e. The summed E-state index contributed by atoms with van der Waals surface area (Å²) in [7, 11) is 0. The average Bonchev–Trinajstić information content (AvgIpc) is 3.18. The molecule has 1 aliphatic heterocycles. The lowest BCUT2D eigenvalue weighted by molar-refractivity contribution is -0.147. The molecule has 2 rings (SSSR count). The van der Waals surface area contributed by atoms with Crippen LogP contribution >= 0.6 is 0 Å². The molecule has 0 bridgehead atoms. The van der Waals surface area contributed by atoms with Crippen LogP contribution in [0.2, 0.25) is 0 Å². The number of unbranched alkanes of at least 4 members (excludes halogenated alkanes) is 2. The van der Waals surface area contributed by atoms with Crippen molar-refractivity contribution in [2.45, 2.75) is 70.1 Å². The van der Waals surface area contributed by atoms with Crippen LogP contribution in [0, 0.1) is 0 Å². The summed E-state index contributed by atoms with van der Waals surface area (Å²) >= 11 is 0. The maximum atomic E-state index is 12.5. The molecule has 1 heterocycles. The molecule has 0 spiro atoms. The van der Waals surface area contributed by atoms with E-state index in [1.807, 2.05) is 6.08 Å². The van der Waals surface area contributed by atoms with Crippen LogP contribution < -0.4 is 5.32 Å². The van der Waals surface area contributed by atoms with E-state index < -0.39 is 6.10 Å². The highest BCUT2D eigenvalue weighted by atomic mass is 16.5. The number of allylic oxidation sites excluding steroid dienone is 1. The smallest absolute Gasteiger partial charge is 0.252 e. The van der Waals surface area contributed by atoms with Crippen molar-refractivity contribution >= 4 is 11.8 Å². The molecule has 22 heavy (non-hydrogen) atoms. The molecule has 5 nitrogen and oxygen atoms in total. The Hall–Kier alpha value is -1.36. The van der Waals surface area contributed by atoms with Gasteiger partial charge in [-0.2, -0.15) is 0 Å². The number of hydrogen-bond acceptors (Lipinski definition) is 3. The van der Waals surface area contributed by atoms with E-state index in [1.165, 1.54) is 0 Å². The number of rotatable bonds is 9. The minimum atomic E-state index is -0.474. The van der Waals surface area contributed by atoms with E-state index in [0.29, 0.717) is 19.2 Å². The summed E-state index contributed by atoms with van der Waals surface area (Å²) in [4.78, 5) is 26.4. The number of hydrogen-bond donors (Lipinski definition) is 1. The van der Waals surface area contributed by atoms with E-state index in [1.54, 1.807) is 11.8 Å². The first-order valence-electron chi connectivity index (χ1n) is 8.47. The fourth-order valence-corrected chi connectivity index (χ4v) is 2.78. The van der Waals surface area contributed by atoms with Gasteiger partial charge in [0.05, 0.1) is 0 Å². The summed E-state index contributed by atoms with van der Waals surface area (Å²) in [5.74, 6) is -0.0521. The molecule has 2 amide bonds. The zero-order chi connectivity index (χ0) is 15.9. The van der Waals surface area contributed by atoms with Gasteiger partial charge >= 0.3 is 0 Å². The van der Waals surface area contributed by atoms with Crippen molar-refractivity contribution in [1.29, 1.82) is 0 Å². The molecule has 0 aromatic carbocycles. The van der Waals surface area contributed by atoms with E-state index in [9.17, 15) is 9.59 Å². The minimum Gasteiger partial charge on any atom is -0.369 e. The number of nitrogens with one attached hydrogen (secondary N) is 1. The van der Waals surface area contributed by atoms with Crippen LogP contribution in [-0.2, 0) is 14.3 Å². The van der Waals surface area contributed by atoms with Crippen molar-refractivity contribution < 1.29 is 14.3 Å². The van der Waals surface area contributed by atoms with Crippen LogP contribution in [0.1, 0.15) is 51.9 Å². The Morgan fingerprint density at radius 3 is 2.82 bits per heavy atom. The first-order valence-corrected chi connectivity index (χ1v) is 8.47. The second-order valence-electron chi connectivity index (χ2n) is 6.27. The van der Waals surface area contributed by atoms with Crippen molar-refractivity contribution in [2.75, 3.05) is 13.2 Å². The lowest BCUT2D eigenvalue weighted by atomic mass is 10.2. The number of amides is 2. The van der Waals surface area contributed by atoms with Gasteiger partial charge in [-0.1, -0.05) is 6.08 Å². The van der Waals surface area contributed by atoms with Gasteiger partial charge in [0.15, 0.2) is 0 Å². The molecule has 1 saturated carbocycles. The maximum absolute atomic E-state index is 12.5. The van der Waals surface area contributed by atoms with Crippen LogP contribution in [0.3, 0.4) is 0 Å². The monoisotopic (exact) mass is 308 g/mol. The van der Waals surface area contributed by atoms with Gasteiger partial charge in [-0.05, 0) is 51.9 Å². The normalized spacial score (nSPS) is 22.4. The molecular formula is C17H28N2O3. The van der Waals surface area contributed by atoms with Crippen LogP contribution in [0.25, 0.3) is 0 Å². The van der Waals surface area contributed by atoms with Gasteiger partial charge in [-0.15, -0.1) is 6.58 Å². The molecule has 5 heteroatoms. The van der Waals surface area contributed by atoms with Gasteiger partial charge in [0.1, 0.15) is 12.1 Å². The third-order valence-electron chi connectivity index (χ3n) is 4.28. The Morgan fingerprint density at radius 2 is 2.14 bits per heavy atom. The van der Waals surface area contributed by atoms with Gasteiger partial charge in [-0.3, -0.25) is 9.59 Å². The highest BCUT2D eigenvalue weighted by Crippen LogP contribution is 2.23. The van der Waals surface area contributed by atoms with E-state index in [4.69, 9.17) is 4.74 Å². The minimum absolute atomic E-state index is 0.00605. The first-order chi connectivity index (χ1) is 10.6. The van der Waals surface area contributed by atoms with E-state index in [-0.39, 0.29) is 17.9 Å². The lowest BCUT2D eigenvalue weighted by Gasteiger charge is -2.26. The quantitative estimate of drug-likeness (QED) is 0.524. The second-order valence-corrected chi connectivity index (χ2v) is 6.27. The number of likely N-dealkylation sites (tertiary alicyclic amines) is 1. The first kappa shape index (κ1) is 17.0. The van der Waals surface area contributed by atoms with E-state index in [0.717, 1.165) is 44.9 Å². The number of nitrogens with zero attached hydrogens (tertiary/aromatic N) is 1. The molecule has 0 aromatic rings. The molecule has 0 aromatic heterocycles. The van der Waals surface area contributed by atoms with Gasteiger partial charge in [-0.25, -0.2) is 0 Å². The zero-order valence-corrected chi connectivity index (χ0v) is 13.6. The van der Waals surface area contributed by atoms with Gasteiger partial charge in [0.2, 0.25) is 5.91 Å². The molecule has 2 aliphatic rings. The molecule has 124 valence electrons. The van der Waals surface area contributed by atoms with Crippen molar-refractivity contribution in [1.82, 2.24) is 10.2 Å². The molecule has 0 radical (unpaired) electrons. The van der Waals surface area contributed by atoms with Crippen molar-refractivity contribution in [3.05, 3.63) is 12.7 Å².